The zero-order valence-electron chi connectivity index (χ0n) is 15.5. The lowest BCUT2D eigenvalue weighted by Crippen LogP contribution is -2.42. The molecule has 3 aromatic rings. The van der Waals surface area contributed by atoms with E-state index in [9.17, 15) is 9.59 Å². The highest BCUT2D eigenvalue weighted by Crippen LogP contribution is 2.18. The lowest BCUT2D eigenvalue weighted by molar-refractivity contribution is -0.125. The Labute approximate surface area is 161 Å². The Hall–Kier alpha value is -2.74. The maximum atomic E-state index is 12.4. The molecular weight excluding hydrogens is 362 g/mol. The molecule has 0 aliphatic rings. The zero-order valence-corrected chi connectivity index (χ0v) is 16.3. The van der Waals surface area contributed by atoms with Gasteiger partial charge in [-0.1, -0.05) is 42.1 Å². The number of fused-ring (bicyclic) bond motifs is 1. The first-order chi connectivity index (χ1) is 12.9. The van der Waals surface area contributed by atoms with E-state index in [4.69, 9.17) is 0 Å². The number of Topliss-reactive ketones (excluding diaryl/α,β-unsaturated/α-hetero) is 1. The van der Waals surface area contributed by atoms with E-state index in [0.717, 1.165) is 17.0 Å². The summed E-state index contributed by atoms with van der Waals surface area (Å²) >= 11 is 1.27. The van der Waals surface area contributed by atoms with Gasteiger partial charge >= 0.3 is 0 Å². The van der Waals surface area contributed by atoms with E-state index in [-0.39, 0.29) is 17.4 Å². The van der Waals surface area contributed by atoms with Gasteiger partial charge in [-0.05, 0) is 38.8 Å². The topological polar surface area (TPSA) is 89.2 Å². The number of ketones is 1. The standard InChI is InChI=1S/C19H21N5O2S/c1-12-9-13(2)24-18(20-12)22-23-19(24)27-11-17(26)21-16(14(3)25)10-15-7-5-4-6-8-15/h4-9,16H,10-11H2,1-3H3,(H,21,26)/t16-/m0/s1. The fourth-order valence-electron chi connectivity index (χ4n) is 2.81. The van der Waals surface area contributed by atoms with Gasteiger partial charge in [-0.3, -0.25) is 14.0 Å². The number of hydrogen-bond acceptors (Lipinski definition) is 6. The third-order valence-electron chi connectivity index (χ3n) is 4.10. The van der Waals surface area contributed by atoms with Crippen LogP contribution in [0.2, 0.25) is 0 Å². The number of rotatable bonds is 7. The molecular formula is C19H21N5O2S. The third kappa shape index (κ3) is 4.71. The van der Waals surface area contributed by atoms with Crippen LogP contribution in [0.3, 0.4) is 0 Å². The second kappa shape index (κ2) is 8.30. The summed E-state index contributed by atoms with van der Waals surface area (Å²) in [4.78, 5) is 28.6. The van der Waals surface area contributed by atoms with Crippen molar-refractivity contribution in [2.45, 2.75) is 38.4 Å². The fraction of sp³-hybridized carbons (Fsp3) is 0.316. The minimum Gasteiger partial charge on any atom is -0.345 e. The normalized spacial score (nSPS) is 12.1. The average molecular weight is 383 g/mol. The van der Waals surface area contributed by atoms with E-state index in [1.807, 2.05) is 54.6 Å². The lowest BCUT2D eigenvalue weighted by Gasteiger charge is -2.16. The molecule has 140 valence electrons. The highest BCUT2D eigenvalue weighted by atomic mass is 32.2. The second-order valence-corrected chi connectivity index (χ2v) is 7.31. The summed E-state index contributed by atoms with van der Waals surface area (Å²) < 4.78 is 1.82. The van der Waals surface area contributed by atoms with Crippen LogP contribution in [0, 0.1) is 13.8 Å². The Bertz CT molecular complexity index is 971. The van der Waals surface area contributed by atoms with Crippen LogP contribution in [0.5, 0.6) is 0 Å². The minimum absolute atomic E-state index is 0.0688. The van der Waals surface area contributed by atoms with Crippen molar-refractivity contribution in [1.82, 2.24) is 24.9 Å². The Kier molecular flexibility index (Phi) is 5.85. The van der Waals surface area contributed by atoms with E-state index >= 15 is 0 Å². The van der Waals surface area contributed by atoms with E-state index < -0.39 is 6.04 Å². The molecule has 2 heterocycles. The van der Waals surface area contributed by atoms with Gasteiger partial charge in [0.05, 0.1) is 11.8 Å². The molecule has 1 N–H and O–H groups in total. The van der Waals surface area contributed by atoms with Crippen molar-refractivity contribution in [3.8, 4) is 0 Å². The first kappa shape index (κ1) is 19.0. The molecule has 0 spiro atoms. The Balaban J connectivity index is 1.64. The average Bonchev–Trinajstić information content (AvgIpc) is 3.03. The van der Waals surface area contributed by atoms with Gasteiger partial charge in [-0.25, -0.2) is 4.98 Å². The van der Waals surface area contributed by atoms with Crippen LogP contribution in [0.25, 0.3) is 5.78 Å². The second-order valence-electron chi connectivity index (χ2n) is 6.37. The van der Waals surface area contributed by atoms with E-state index in [2.05, 4.69) is 20.5 Å². The third-order valence-corrected chi connectivity index (χ3v) is 5.03. The van der Waals surface area contributed by atoms with Crippen LogP contribution in [0.4, 0.5) is 0 Å². The molecule has 7 nitrogen and oxygen atoms in total. The summed E-state index contributed by atoms with van der Waals surface area (Å²) in [5.41, 5.74) is 2.83. The smallest absolute Gasteiger partial charge is 0.256 e. The van der Waals surface area contributed by atoms with Crippen molar-refractivity contribution in [2.24, 2.45) is 0 Å². The highest BCUT2D eigenvalue weighted by Gasteiger charge is 2.19. The van der Waals surface area contributed by atoms with Gasteiger partial charge in [-0.2, -0.15) is 0 Å². The maximum Gasteiger partial charge on any atom is 0.256 e. The molecule has 1 atom stereocenters. The van der Waals surface area contributed by atoms with Crippen molar-refractivity contribution < 1.29 is 9.59 Å². The zero-order chi connectivity index (χ0) is 19.4. The molecule has 3 rings (SSSR count). The predicted octanol–water partition coefficient (Wildman–Crippen LogP) is 2.15. The van der Waals surface area contributed by atoms with Crippen LogP contribution in [0.1, 0.15) is 23.9 Å². The Morgan fingerprint density at radius 2 is 1.93 bits per heavy atom. The number of benzene rings is 1. The van der Waals surface area contributed by atoms with Gasteiger partial charge in [-0.15, -0.1) is 10.2 Å². The minimum atomic E-state index is -0.540. The number of carbonyl (C=O) groups excluding carboxylic acids is 2. The summed E-state index contributed by atoms with van der Waals surface area (Å²) in [5.74, 6) is 0.375. The van der Waals surface area contributed by atoms with Crippen molar-refractivity contribution in [3.63, 3.8) is 0 Å². The number of amides is 1. The number of nitrogens with zero attached hydrogens (tertiary/aromatic N) is 4. The van der Waals surface area contributed by atoms with E-state index in [0.29, 0.717) is 17.4 Å². The molecule has 0 saturated carbocycles. The maximum absolute atomic E-state index is 12.4. The first-order valence-corrected chi connectivity index (χ1v) is 9.58. The molecule has 2 aromatic heterocycles. The predicted molar refractivity (Wildman–Crippen MR) is 104 cm³/mol. The first-order valence-electron chi connectivity index (χ1n) is 8.60. The van der Waals surface area contributed by atoms with Gasteiger partial charge in [0.1, 0.15) is 0 Å². The molecule has 27 heavy (non-hydrogen) atoms. The number of hydrogen-bond donors (Lipinski definition) is 1. The number of carbonyl (C=O) groups is 2. The van der Waals surface area contributed by atoms with Crippen LogP contribution < -0.4 is 5.32 Å². The van der Waals surface area contributed by atoms with Crippen LogP contribution in [-0.2, 0) is 16.0 Å². The van der Waals surface area contributed by atoms with Crippen LogP contribution >= 0.6 is 11.8 Å². The molecule has 0 saturated heterocycles. The van der Waals surface area contributed by atoms with Crippen molar-refractivity contribution >= 4 is 29.2 Å². The molecule has 1 aromatic carbocycles. The van der Waals surface area contributed by atoms with E-state index in [1.165, 1.54) is 18.7 Å². The summed E-state index contributed by atoms with van der Waals surface area (Å²) in [5, 5.41) is 11.6. The molecule has 0 radical (unpaired) electrons. The Morgan fingerprint density at radius 1 is 1.19 bits per heavy atom. The van der Waals surface area contributed by atoms with Gasteiger partial charge in [0, 0.05) is 11.4 Å². The monoisotopic (exact) mass is 383 g/mol. The Morgan fingerprint density at radius 3 is 2.63 bits per heavy atom. The summed E-state index contributed by atoms with van der Waals surface area (Å²) in [7, 11) is 0. The van der Waals surface area contributed by atoms with Crippen molar-refractivity contribution in [1.29, 1.82) is 0 Å². The molecule has 8 heteroatoms. The van der Waals surface area contributed by atoms with E-state index in [1.54, 1.807) is 0 Å². The summed E-state index contributed by atoms with van der Waals surface area (Å²) in [6.45, 7) is 5.34. The number of nitrogens with one attached hydrogen (secondary N) is 1. The SMILES string of the molecule is CC(=O)[C@H](Cc1ccccc1)NC(=O)CSc1nnc2nc(C)cc(C)n12. The van der Waals surface area contributed by atoms with Gasteiger partial charge in [0.15, 0.2) is 10.9 Å². The van der Waals surface area contributed by atoms with Crippen LogP contribution in [0.15, 0.2) is 41.6 Å². The molecule has 0 bridgehead atoms. The quantitative estimate of drug-likeness (QED) is 0.629. The molecule has 0 aliphatic carbocycles. The fourth-order valence-corrected chi connectivity index (χ4v) is 3.60. The van der Waals surface area contributed by atoms with Crippen molar-refractivity contribution in [3.05, 3.63) is 53.3 Å². The summed E-state index contributed by atoms with van der Waals surface area (Å²) in [6, 6.07) is 11.0. The summed E-state index contributed by atoms with van der Waals surface area (Å²) in [6.07, 6.45) is 0.475. The molecule has 1 amide bonds. The van der Waals surface area contributed by atoms with Crippen molar-refractivity contribution in [2.75, 3.05) is 5.75 Å². The number of aromatic nitrogens is 4. The largest absolute Gasteiger partial charge is 0.345 e. The molecule has 0 aliphatic heterocycles. The molecule has 0 fully saturated rings. The van der Waals surface area contributed by atoms with Gasteiger partial charge in [0.25, 0.3) is 5.78 Å². The van der Waals surface area contributed by atoms with Crippen LogP contribution in [-0.4, -0.2) is 43.1 Å². The number of aryl methyl sites for hydroxylation is 2. The highest BCUT2D eigenvalue weighted by molar-refractivity contribution is 7.99. The van der Waals surface area contributed by atoms with Gasteiger partial charge < -0.3 is 5.32 Å². The lowest BCUT2D eigenvalue weighted by atomic mass is 10.0. The molecule has 0 unspecified atom stereocenters. The van der Waals surface area contributed by atoms with Gasteiger partial charge in [0.2, 0.25) is 5.91 Å². The number of thioether (sulfide) groups is 1.